The minimum Gasteiger partial charge on any atom is -0.389 e. The fourth-order valence-corrected chi connectivity index (χ4v) is 3.25. The second kappa shape index (κ2) is 3.61. The lowest BCUT2D eigenvalue weighted by molar-refractivity contribution is 0.0935. The van der Waals surface area contributed by atoms with Gasteiger partial charge in [0.2, 0.25) is 0 Å². The van der Waals surface area contributed by atoms with Crippen molar-refractivity contribution in [2.45, 2.75) is 63.9 Å². The number of unbranched alkanes of at least 4 members (excludes halogenated alkanes) is 3. The van der Waals surface area contributed by atoms with E-state index in [0.717, 1.165) is 6.42 Å². The van der Waals surface area contributed by atoms with Gasteiger partial charge >= 0.3 is 0 Å². The summed E-state index contributed by atoms with van der Waals surface area (Å²) in [4.78, 5) is 0. The number of fused-ring (bicyclic) bond motifs is 1. The van der Waals surface area contributed by atoms with Crippen molar-refractivity contribution in [3.63, 3.8) is 0 Å². The minimum atomic E-state index is -0.189. The number of aliphatic hydroxyl groups is 1. The molecule has 0 radical (unpaired) electrons. The average molecular weight is 182 g/mol. The Kier molecular flexibility index (Phi) is 2.64. The minimum absolute atomic E-state index is 0.189. The van der Waals surface area contributed by atoms with Crippen LogP contribution < -0.4 is 0 Å². The van der Waals surface area contributed by atoms with E-state index in [0.29, 0.717) is 11.8 Å². The predicted octanol–water partition coefficient (Wildman–Crippen LogP) is 3.12. The molecule has 0 aliphatic heterocycles. The first kappa shape index (κ1) is 9.51. The molecular formula is C12H22O. The van der Waals surface area contributed by atoms with Crippen LogP contribution in [0.3, 0.4) is 0 Å². The van der Waals surface area contributed by atoms with Crippen LogP contribution in [0.1, 0.15) is 58.3 Å². The first-order valence-electron chi connectivity index (χ1n) is 6.01. The maximum absolute atomic E-state index is 10.2. The van der Waals surface area contributed by atoms with Gasteiger partial charge in [-0.05, 0) is 31.1 Å². The molecule has 2 fully saturated rings. The van der Waals surface area contributed by atoms with Gasteiger partial charge in [-0.1, -0.05) is 39.0 Å². The first-order chi connectivity index (χ1) is 6.29. The van der Waals surface area contributed by atoms with E-state index >= 15 is 0 Å². The maximum Gasteiger partial charge on any atom is 0.0711 e. The van der Waals surface area contributed by atoms with Gasteiger partial charge in [0.1, 0.15) is 0 Å². The lowest BCUT2D eigenvalue weighted by Gasteiger charge is -2.13. The molecule has 0 aromatic carbocycles. The van der Waals surface area contributed by atoms with E-state index in [9.17, 15) is 5.11 Å². The molecule has 76 valence electrons. The highest BCUT2D eigenvalue weighted by atomic mass is 16.3. The van der Waals surface area contributed by atoms with E-state index in [1.807, 2.05) is 0 Å². The van der Waals surface area contributed by atoms with E-state index in [-0.39, 0.29) is 5.60 Å². The van der Waals surface area contributed by atoms with Crippen molar-refractivity contribution in [2.24, 2.45) is 11.8 Å². The van der Waals surface area contributed by atoms with Crippen molar-refractivity contribution in [2.75, 3.05) is 0 Å². The Bertz CT molecular complexity index is 166. The molecule has 13 heavy (non-hydrogen) atoms. The van der Waals surface area contributed by atoms with E-state index < -0.39 is 0 Å². The van der Waals surface area contributed by atoms with Gasteiger partial charge in [0.25, 0.3) is 0 Å². The second-order valence-corrected chi connectivity index (χ2v) is 4.95. The van der Waals surface area contributed by atoms with E-state index in [4.69, 9.17) is 0 Å². The second-order valence-electron chi connectivity index (χ2n) is 4.95. The Morgan fingerprint density at radius 2 is 1.85 bits per heavy atom. The summed E-state index contributed by atoms with van der Waals surface area (Å²) in [7, 11) is 0. The summed E-state index contributed by atoms with van der Waals surface area (Å²) < 4.78 is 0. The lowest BCUT2D eigenvalue weighted by Crippen LogP contribution is -2.15. The highest BCUT2D eigenvalue weighted by Gasteiger charge is 2.64. The van der Waals surface area contributed by atoms with Gasteiger partial charge in [0, 0.05) is 0 Å². The smallest absolute Gasteiger partial charge is 0.0711 e. The SMILES string of the molecule is CCCCCCC1(O)C2CCCC21. The highest BCUT2D eigenvalue weighted by Crippen LogP contribution is 2.62. The Morgan fingerprint density at radius 1 is 1.15 bits per heavy atom. The van der Waals surface area contributed by atoms with Gasteiger partial charge in [-0.25, -0.2) is 0 Å². The quantitative estimate of drug-likeness (QED) is 0.648. The molecule has 1 heteroatoms. The van der Waals surface area contributed by atoms with Gasteiger partial charge in [0.05, 0.1) is 5.60 Å². The molecule has 0 bridgehead atoms. The van der Waals surface area contributed by atoms with Gasteiger partial charge in [-0.2, -0.15) is 0 Å². The standard InChI is InChI=1S/C12H22O/c1-2-3-4-5-9-12(13)10-7-6-8-11(10)12/h10-11,13H,2-9H2,1H3. The number of hydrogen-bond acceptors (Lipinski definition) is 1. The third-order valence-corrected chi connectivity index (χ3v) is 4.12. The Balaban J connectivity index is 1.66. The normalized spacial score (nSPS) is 42.0. The number of rotatable bonds is 5. The van der Waals surface area contributed by atoms with Crippen LogP contribution in [0, 0.1) is 11.8 Å². The largest absolute Gasteiger partial charge is 0.389 e. The topological polar surface area (TPSA) is 20.2 Å². The third kappa shape index (κ3) is 1.63. The molecule has 2 atom stereocenters. The van der Waals surface area contributed by atoms with Gasteiger partial charge in [0.15, 0.2) is 0 Å². The van der Waals surface area contributed by atoms with Crippen molar-refractivity contribution in [3.8, 4) is 0 Å². The van der Waals surface area contributed by atoms with Crippen molar-refractivity contribution in [1.29, 1.82) is 0 Å². The molecule has 0 spiro atoms. The van der Waals surface area contributed by atoms with Crippen molar-refractivity contribution in [1.82, 2.24) is 0 Å². The van der Waals surface area contributed by atoms with Crippen LogP contribution in [0.5, 0.6) is 0 Å². The Labute approximate surface area is 81.5 Å². The van der Waals surface area contributed by atoms with Crippen molar-refractivity contribution in [3.05, 3.63) is 0 Å². The molecule has 0 aromatic heterocycles. The van der Waals surface area contributed by atoms with Crippen LogP contribution in [0.2, 0.25) is 0 Å². The van der Waals surface area contributed by atoms with Crippen LogP contribution >= 0.6 is 0 Å². The van der Waals surface area contributed by atoms with Gasteiger partial charge < -0.3 is 5.11 Å². The van der Waals surface area contributed by atoms with Crippen LogP contribution in [0.25, 0.3) is 0 Å². The summed E-state index contributed by atoms with van der Waals surface area (Å²) in [5.74, 6) is 1.41. The molecule has 0 amide bonds. The molecule has 2 rings (SSSR count). The molecule has 2 aliphatic rings. The van der Waals surface area contributed by atoms with Crippen molar-refractivity contribution < 1.29 is 5.11 Å². The molecule has 2 unspecified atom stereocenters. The molecular weight excluding hydrogens is 160 g/mol. The summed E-state index contributed by atoms with van der Waals surface area (Å²) >= 11 is 0. The van der Waals surface area contributed by atoms with E-state index in [2.05, 4.69) is 6.92 Å². The monoisotopic (exact) mass is 182 g/mol. The first-order valence-corrected chi connectivity index (χ1v) is 6.01. The molecule has 0 heterocycles. The third-order valence-electron chi connectivity index (χ3n) is 4.12. The van der Waals surface area contributed by atoms with Gasteiger partial charge in [-0.3, -0.25) is 0 Å². The summed E-state index contributed by atoms with van der Waals surface area (Å²) in [5.41, 5.74) is -0.189. The van der Waals surface area contributed by atoms with E-state index in [1.54, 1.807) is 0 Å². The van der Waals surface area contributed by atoms with Crippen LogP contribution in [-0.4, -0.2) is 10.7 Å². The summed E-state index contributed by atoms with van der Waals surface area (Å²) in [6.07, 6.45) is 10.3. The fraction of sp³-hybridized carbons (Fsp3) is 1.00. The van der Waals surface area contributed by atoms with Crippen molar-refractivity contribution >= 4 is 0 Å². The Morgan fingerprint density at radius 3 is 2.46 bits per heavy atom. The zero-order chi connectivity index (χ0) is 9.31. The summed E-state index contributed by atoms with van der Waals surface area (Å²) in [6.45, 7) is 2.24. The van der Waals surface area contributed by atoms with Crippen LogP contribution in [-0.2, 0) is 0 Å². The Hall–Kier alpha value is -0.0400. The highest BCUT2D eigenvalue weighted by molar-refractivity contribution is 5.14. The molecule has 0 saturated heterocycles. The number of hydrogen-bond donors (Lipinski definition) is 1. The van der Waals surface area contributed by atoms with Gasteiger partial charge in [-0.15, -0.1) is 0 Å². The lowest BCUT2D eigenvalue weighted by atomic mass is 10.0. The zero-order valence-electron chi connectivity index (χ0n) is 8.76. The molecule has 2 saturated carbocycles. The fourth-order valence-electron chi connectivity index (χ4n) is 3.25. The van der Waals surface area contributed by atoms with E-state index in [1.165, 1.54) is 44.9 Å². The molecule has 0 aromatic rings. The van der Waals surface area contributed by atoms with Crippen LogP contribution in [0.4, 0.5) is 0 Å². The average Bonchev–Trinajstić information content (AvgIpc) is 2.57. The predicted molar refractivity (Wildman–Crippen MR) is 54.5 cm³/mol. The summed E-state index contributed by atoms with van der Waals surface area (Å²) in [5, 5.41) is 10.2. The molecule has 1 nitrogen and oxygen atoms in total. The maximum atomic E-state index is 10.2. The molecule has 1 N–H and O–H groups in total. The molecule has 2 aliphatic carbocycles. The summed E-state index contributed by atoms with van der Waals surface area (Å²) in [6, 6.07) is 0. The van der Waals surface area contributed by atoms with Crippen LogP contribution in [0.15, 0.2) is 0 Å². The zero-order valence-corrected chi connectivity index (χ0v) is 8.76.